The zero-order chi connectivity index (χ0) is 10.8. The quantitative estimate of drug-likeness (QED) is 0.752. The van der Waals surface area contributed by atoms with Crippen molar-refractivity contribution < 1.29 is 4.74 Å². The third-order valence-corrected chi connectivity index (χ3v) is 2.37. The van der Waals surface area contributed by atoms with Crippen LogP contribution in [0, 0.1) is 0 Å². The molecule has 0 unspecified atom stereocenters. The van der Waals surface area contributed by atoms with E-state index in [2.05, 4.69) is 10.2 Å². The lowest BCUT2D eigenvalue weighted by molar-refractivity contribution is 0.0210. The molecule has 2 N–H and O–H groups in total. The molecule has 0 spiro atoms. The maximum Gasteiger partial charge on any atom is 0.146 e. The van der Waals surface area contributed by atoms with Crippen molar-refractivity contribution >= 4 is 0 Å². The number of aromatic nitrogens is 3. The van der Waals surface area contributed by atoms with E-state index in [9.17, 15) is 0 Å². The lowest BCUT2D eigenvalue weighted by Gasteiger charge is -2.21. The van der Waals surface area contributed by atoms with E-state index < -0.39 is 0 Å². The van der Waals surface area contributed by atoms with Crippen LogP contribution in [-0.2, 0) is 24.8 Å². The summed E-state index contributed by atoms with van der Waals surface area (Å²) in [5, 5.41) is 8.06. The summed E-state index contributed by atoms with van der Waals surface area (Å²) in [6.45, 7) is 4.45. The predicted molar refractivity (Wildman–Crippen MR) is 53.7 cm³/mol. The highest BCUT2D eigenvalue weighted by molar-refractivity contribution is 4.98. The van der Waals surface area contributed by atoms with Gasteiger partial charge in [0.2, 0.25) is 0 Å². The molecule has 1 rings (SSSR count). The first-order chi connectivity index (χ1) is 6.50. The number of hydrogen-bond acceptors (Lipinski definition) is 4. The van der Waals surface area contributed by atoms with E-state index in [-0.39, 0.29) is 5.60 Å². The standard InChI is InChI=1S/C9H18N4O/c1-9(2,14-4)5-7-11-12-8(6-10)13(7)3/h5-6,10H2,1-4H3. The molecule has 0 fully saturated rings. The number of rotatable bonds is 4. The van der Waals surface area contributed by atoms with Gasteiger partial charge in [-0.1, -0.05) is 0 Å². The van der Waals surface area contributed by atoms with Crippen LogP contribution in [0.4, 0.5) is 0 Å². The molecule has 0 aliphatic rings. The zero-order valence-corrected chi connectivity index (χ0v) is 9.24. The summed E-state index contributed by atoms with van der Waals surface area (Å²) in [7, 11) is 3.61. The molecule has 0 amide bonds. The molecule has 0 bridgehead atoms. The Morgan fingerprint density at radius 3 is 2.36 bits per heavy atom. The maximum absolute atomic E-state index is 5.51. The fourth-order valence-electron chi connectivity index (χ4n) is 1.18. The molecule has 1 aromatic heterocycles. The average Bonchev–Trinajstić information content (AvgIpc) is 2.47. The fourth-order valence-corrected chi connectivity index (χ4v) is 1.18. The molecule has 0 aromatic carbocycles. The second-order valence-electron chi connectivity index (χ2n) is 3.94. The first-order valence-electron chi connectivity index (χ1n) is 4.62. The molecule has 0 saturated heterocycles. The van der Waals surface area contributed by atoms with E-state index in [1.165, 1.54) is 0 Å². The van der Waals surface area contributed by atoms with E-state index in [0.29, 0.717) is 6.54 Å². The number of methoxy groups -OCH3 is 1. The largest absolute Gasteiger partial charge is 0.378 e. The van der Waals surface area contributed by atoms with Crippen LogP contribution in [0.1, 0.15) is 25.5 Å². The molecule has 5 heteroatoms. The number of hydrogen-bond donors (Lipinski definition) is 1. The normalized spacial score (nSPS) is 12.1. The third-order valence-electron chi connectivity index (χ3n) is 2.37. The molecule has 5 nitrogen and oxygen atoms in total. The molecule has 1 heterocycles. The molecular formula is C9H18N4O. The topological polar surface area (TPSA) is 66.0 Å². The Morgan fingerprint density at radius 1 is 1.36 bits per heavy atom. The Balaban J connectivity index is 2.82. The minimum absolute atomic E-state index is 0.216. The van der Waals surface area contributed by atoms with E-state index >= 15 is 0 Å². The molecule has 14 heavy (non-hydrogen) atoms. The van der Waals surface area contributed by atoms with Gasteiger partial charge in [0, 0.05) is 20.6 Å². The first kappa shape index (κ1) is 11.1. The SMILES string of the molecule is COC(C)(C)Cc1nnc(CN)n1C. The zero-order valence-electron chi connectivity index (χ0n) is 9.24. The van der Waals surface area contributed by atoms with Gasteiger partial charge in [0.1, 0.15) is 11.6 Å². The van der Waals surface area contributed by atoms with Crippen molar-refractivity contribution in [2.75, 3.05) is 7.11 Å². The first-order valence-corrected chi connectivity index (χ1v) is 4.62. The van der Waals surface area contributed by atoms with Gasteiger partial charge < -0.3 is 15.0 Å². The van der Waals surface area contributed by atoms with Gasteiger partial charge >= 0.3 is 0 Å². The van der Waals surface area contributed by atoms with Crippen LogP contribution >= 0.6 is 0 Å². The van der Waals surface area contributed by atoms with Crippen molar-refractivity contribution in [3.8, 4) is 0 Å². The van der Waals surface area contributed by atoms with Crippen molar-refractivity contribution in [3.63, 3.8) is 0 Å². The van der Waals surface area contributed by atoms with Gasteiger partial charge in [-0.25, -0.2) is 0 Å². The van der Waals surface area contributed by atoms with Crippen LogP contribution in [0.25, 0.3) is 0 Å². The summed E-state index contributed by atoms with van der Waals surface area (Å²) in [5.41, 5.74) is 5.29. The molecule has 0 aliphatic heterocycles. The second-order valence-corrected chi connectivity index (χ2v) is 3.94. The van der Waals surface area contributed by atoms with Crippen LogP contribution in [0.15, 0.2) is 0 Å². The van der Waals surface area contributed by atoms with Crippen LogP contribution < -0.4 is 5.73 Å². The molecule has 0 saturated carbocycles. The highest BCUT2D eigenvalue weighted by Crippen LogP contribution is 2.14. The summed E-state index contributed by atoms with van der Waals surface area (Å²) < 4.78 is 7.24. The predicted octanol–water partition coefficient (Wildman–Crippen LogP) is 0.241. The van der Waals surface area contributed by atoms with Gasteiger partial charge in [-0.3, -0.25) is 0 Å². The maximum atomic E-state index is 5.51. The van der Waals surface area contributed by atoms with E-state index in [0.717, 1.165) is 18.1 Å². The van der Waals surface area contributed by atoms with Gasteiger partial charge in [0.15, 0.2) is 0 Å². The van der Waals surface area contributed by atoms with Crippen molar-refractivity contribution in [2.24, 2.45) is 12.8 Å². The van der Waals surface area contributed by atoms with Crippen LogP contribution in [0.5, 0.6) is 0 Å². The van der Waals surface area contributed by atoms with Crippen LogP contribution in [0.3, 0.4) is 0 Å². The van der Waals surface area contributed by atoms with Gasteiger partial charge in [-0.15, -0.1) is 10.2 Å². The minimum atomic E-state index is -0.216. The minimum Gasteiger partial charge on any atom is -0.378 e. The number of ether oxygens (including phenoxy) is 1. The van der Waals surface area contributed by atoms with Crippen LogP contribution in [-0.4, -0.2) is 27.5 Å². The molecule has 0 atom stereocenters. The highest BCUT2D eigenvalue weighted by atomic mass is 16.5. The molecule has 80 valence electrons. The summed E-state index contributed by atoms with van der Waals surface area (Å²) >= 11 is 0. The lowest BCUT2D eigenvalue weighted by Crippen LogP contribution is -2.27. The number of nitrogens with two attached hydrogens (primary N) is 1. The molecule has 0 aliphatic carbocycles. The van der Waals surface area contributed by atoms with E-state index in [1.807, 2.05) is 25.5 Å². The summed E-state index contributed by atoms with van der Waals surface area (Å²) in [6.07, 6.45) is 0.729. The Hall–Kier alpha value is -0.940. The van der Waals surface area contributed by atoms with Crippen molar-refractivity contribution in [1.29, 1.82) is 0 Å². The Bertz CT molecular complexity index is 306. The molecule has 1 aromatic rings. The van der Waals surface area contributed by atoms with Crippen molar-refractivity contribution in [2.45, 2.75) is 32.4 Å². The monoisotopic (exact) mass is 198 g/mol. The smallest absolute Gasteiger partial charge is 0.146 e. The second kappa shape index (κ2) is 4.06. The summed E-state index contributed by atoms with van der Waals surface area (Å²) in [6, 6.07) is 0. The van der Waals surface area contributed by atoms with Gasteiger partial charge in [-0.05, 0) is 13.8 Å². The Kier molecular flexibility index (Phi) is 3.23. The number of nitrogens with zero attached hydrogens (tertiary/aromatic N) is 3. The van der Waals surface area contributed by atoms with Gasteiger partial charge in [0.05, 0.1) is 12.1 Å². The van der Waals surface area contributed by atoms with Crippen molar-refractivity contribution in [1.82, 2.24) is 14.8 Å². The highest BCUT2D eigenvalue weighted by Gasteiger charge is 2.21. The van der Waals surface area contributed by atoms with Gasteiger partial charge in [-0.2, -0.15) is 0 Å². The summed E-state index contributed by atoms with van der Waals surface area (Å²) in [4.78, 5) is 0. The third kappa shape index (κ3) is 2.30. The molecule has 0 radical (unpaired) electrons. The Labute approximate surface area is 84.3 Å². The summed E-state index contributed by atoms with van der Waals surface area (Å²) in [5.74, 6) is 1.70. The Morgan fingerprint density at radius 2 is 1.93 bits per heavy atom. The molecular weight excluding hydrogens is 180 g/mol. The van der Waals surface area contributed by atoms with Crippen molar-refractivity contribution in [3.05, 3.63) is 11.6 Å². The van der Waals surface area contributed by atoms with Gasteiger partial charge in [0.25, 0.3) is 0 Å². The average molecular weight is 198 g/mol. The van der Waals surface area contributed by atoms with E-state index in [4.69, 9.17) is 10.5 Å². The van der Waals surface area contributed by atoms with Crippen LogP contribution in [0.2, 0.25) is 0 Å². The lowest BCUT2D eigenvalue weighted by atomic mass is 10.1. The van der Waals surface area contributed by atoms with E-state index in [1.54, 1.807) is 7.11 Å². The fraction of sp³-hybridized carbons (Fsp3) is 0.778.